The van der Waals surface area contributed by atoms with E-state index in [-0.39, 0.29) is 18.6 Å². The van der Waals surface area contributed by atoms with Crippen LogP contribution < -0.4 is 24.4 Å². The highest BCUT2D eigenvalue weighted by Gasteiger charge is 2.28. The number of nitrogens with zero attached hydrogens (tertiary/aromatic N) is 4. The lowest BCUT2D eigenvalue weighted by Gasteiger charge is -2.33. The van der Waals surface area contributed by atoms with Crippen LogP contribution >= 0.6 is 0 Å². The molecular weight excluding hydrogens is 458 g/mol. The summed E-state index contributed by atoms with van der Waals surface area (Å²) in [5.41, 5.74) is 3.72. The summed E-state index contributed by atoms with van der Waals surface area (Å²) < 4.78 is 18.0. The van der Waals surface area contributed by atoms with Gasteiger partial charge in [-0.3, -0.25) is 4.79 Å². The predicted octanol–water partition coefficient (Wildman–Crippen LogP) is 3.67. The van der Waals surface area contributed by atoms with E-state index in [1.54, 1.807) is 13.3 Å². The summed E-state index contributed by atoms with van der Waals surface area (Å²) in [5.74, 6) is 3.02. The van der Waals surface area contributed by atoms with Crippen molar-refractivity contribution in [3.05, 3.63) is 66.5 Å². The number of fused-ring (bicyclic) bond motifs is 2. The first-order valence-corrected chi connectivity index (χ1v) is 12.1. The molecule has 0 bridgehead atoms. The van der Waals surface area contributed by atoms with E-state index in [1.165, 1.54) is 0 Å². The molecule has 2 aromatic heterocycles. The molecule has 2 aliphatic rings. The maximum absolute atomic E-state index is 13.1. The van der Waals surface area contributed by atoms with E-state index in [4.69, 9.17) is 19.3 Å². The van der Waals surface area contributed by atoms with Gasteiger partial charge in [-0.1, -0.05) is 18.2 Å². The Bertz CT molecular complexity index is 1420. The van der Waals surface area contributed by atoms with Gasteiger partial charge in [-0.2, -0.15) is 5.10 Å². The average molecular weight is 486 g/mol. The minimum Gasteiger partial charge on any atom is -0.497 e. The molecule has 0 saturated carbocycles. The Morgan fingerprint density at radius 2 is 2.08 bits per heavy atom. The molecule has 9 nitrogen and oxygen atoms in total. The fourth-order valence-corrected chi connectivity index (χ4v) is 4.84. The van der Waals surface area contributed by atoms with Gasteiger partial charge in [0.25, 0.3) is 0 Å². The molecule has 36 heavy (non-hydrogen) atoms. The van der Waals surface area contributed by atoms with Gasteiger partial charge in [0, 0.05) is 37.6 Å². The molecule has 4 heterocycles. The molecule has 4 aromatic rings. The fourth-order valence-electron chi connectivity index (χ4n) is 4.84. The Kier molecular flexibility index (Phi) is 5.80. The number of ether oxygens (including phenoxy) is 3. The van der Waals surface area contributed by atoms with E-state index in [0.29, 0.717) is 13.1 Å². The molecule has 0 unspecified atom stereocenters. The second kappa shape index (κ2) is 9.41. The van der Waals surface area contributed by atoms with Crippen molar-refractivity contribution in [3.8, 4) is 28.5 Å². The van der Waals surface area contributed by atoms with Crippen molar-refractivity contribution in [2.45, 2.75) is 19.4 Å². The normalized spacial score (nSPS) is 16.8. The summed E-state index contributed by atoms with van der Waals surface area (Å²) >= 11 is 0. The Hall–Kier alpha value is -4.27. The molecule has 2 aliphatic heterocycles. The van der Waals surface area contributed by atoms with Crippen LogP contribution in [0.5, 0.6) is 17.2 Å². The third-order valence-electron chi connectivity index (χ3n) is 6.73. The van der Waals surface area contributed by atoms with Crippen molar-refractivity contribution in [1.29, 1.82) is 0 Å². The minimum absolute atomic E-state index is 0.0508. The van der Waals surface area contributed by atoms with Gasteiger partial charge >= 0.3 is 0 Å². The second-order valence-electron chi connectivity index (χ2n) is 9.03. The van der Waals surface area contributed by atoms with Gasteiger partial charge in [0.05, 0.1) is 18.7 Å². The zero-order valence-electron chi connectivity index (χ0n) is 20.0. The number of nitrogens with one attached hydrogen (secondary N) is 1. The smallest absolute Gasteiger partial charge is 0.231 e. The highest BCUT2D eigenvalue weighted by molar-refractivity contribution is 5.81. The number of rotatable bonds is 6. The van der Waals surface area contributed by atoms with Gasteiger partial charge in [-0.05, 0) is 48.7 Å². The largest absolute Gasteiger partial charge is 0.497 e. The molecule has 0 radical (unpaired) electrons. The van der Waals surface area contributed by atoms with Crippen LogP contribution in [0.15, 0.2) is 60.9 Å². The molecule has 1 saturated heterocycles. The zero-order chi connectivity index (χ0) is 24.5. The van der Waals surface area contributed by atoms with E-state index in [2.05, 4.69) is 15.2 Å². The highest BCUT2D eigenvalue weighted by Crippen LogP contribution is 2.33. The number of piperidine rings is 1. The molecule has 1 atom stereocenters. The number of amides is 1. The Balaban J connectivity index is 1.17. The van der Waals surface area contributed by atoms with Crippen LogP contribution in [0.4, 0.5) is 5.82 Å². The quantitative estimate of drug-likeness (QED) is 0.446. The first-order chi connectivity index (χ1) is 17.7. The standard InChI is InChI=1S/C27H27N5O4/c1-34-21-6-2-4-19(13-21)22-14-23-26(28-9-11-32(23)30-22)31-10-3-5-20(16-31)27(33)29-15-18-7-8-24-25(12-18)36-17-35-24/h2,4,6-9,11-14,20H,3,5,10,15-17H2,1H3,(H,29,33)/t20-/m0/s1. The SMILES string of the molecule is COc1cccc(-c2cc3c(N4CCC[C@H](C(=O)NCc5ccc6c(c5)OCO6)C4)nccn3n2)c1. The van der Waals surface area contributed by atoms with Crippen molar-refractivity contribution in [1.82, 2.24) is 19.9 Å². The van der Waals surface area contributed by atoms with Crippen LogP contribution in [-0.2, 0) is 11.3 Å². The highest BCUT2D eigenvalue weighted by atomic mass is 16.7. The summed E-state index contributed by atoms with van der Waals surface area (Å²) in [6.07, 6.45) is 5.37. The maximum Gasteiger partial charge on any atom is 0.231 e. The van der Waals surface area contributed by atoms with Crippen molar-refractivity contribution < 1.29 is 19.0 Å². The van der Waals surface area contributed by atoms with Crippen LogP contribution in [0.1, 0.15) is 18.4 Å². The molecule has 6 rings (SSSR count). The summed E-state index contributed by atoms with van der Waals surface area (Å²) in [5, 5.41) is 7.85. The van der Waals surface area contributed by atoms with Gasteiger partial charge in [-0.15, -0.1) is 0 Å². The first-order valence-electron chi connectivity index (χ1n) is 12.1. The monoisotopic (exact) mass is 485 g/mol. The van der Waals surface area contributed by atoms with E-state index in [1.807, 2.05) is 59.2 Å². The number of carbonyl (C=O) groups excluding carboxylic acids is 1. The van der Waals surface area contributed by atoms with Crippen LogP contribution in [0.3, 0.4) is 0 Å². The van der Waals surface area contributed by atoms with Crippen LogP contribution in [0.25, 0.3) is 16.8 Å². The molecule has 1 fully saturated rings. The topological polar surface area (TPSA) is 90.2 Å². The summed E-state index contributed by atoms with van der Waals surface area (Å²) in [7, 11) is 1.66. The van der Waals surface area contributed by atoms with Crippen LogP contribution in [-0.4, -0.2) is 47.5 Å². The molecule has 184 valence electrons. The van der Waals surface area contributed by atoms with Gasteiger partial charge in [-0.25, -0.2) is 9.50 Å². The lowest BCUT2D eigenvalue weighted by molar-refractivity contribution is -0.125. The molecule has 9 heteroatoms. The summed E-state index contributed by atoms with van der Waals surface area (Å²) in [4.78, 5) is 19.9. The zero-order valence-corrected chi connectivity index (χ0v) is 20.0. The maximum atomic E-state index is 13.1. The first kappa shape index (κ1) is 22.2. The fraction of sp³-hybridized carbons (Fsp3) is 0.296. The third kappa shape index (κ3) is 4.28. The number of hydrogen-bond acceptors (Lipinski definition) is 7. The average Bonchev–Trinajstić information content (AvgIpc) is 3.58. The number of hydrogen-bond donors (Lipinski definition) is 1. The van der Waals surface area contributed by atoms with E-state index in [0.717, 1.165) is 64.8 Å². The number of anilines is 1. The van der Waals surface area contributed by atoms with E-state index < -0.39 is 0 Å². The third-order valence-corrected chi connectivity index (χ3v) is 6.73. The second-order valence-corrected chi connectivity index (χ2v) is 9.03. The summed E-state index contributed by atoms with van der Waals surface area (Å²) in [6, 6.07) is 15.6. The van der Waals surface area contributed by atoms with Crippen LogP contribution in [0, 0.1) is 5.92 Å². The molecule has 1 N–H and O–H groups in total. The molecule has 0 aliphatic carbocycles. The van der Waals surface area contributed by atoms with Crippen molar-refractivity contribution >= 4 is 17.2 Å². The van der Waals surface area contributed by atoms with E-state index in [9.17, 15) is 4.79 Å². The van der Waals surface area contributed by atoms with Crippen molar-refractivity contribution in [3.63, 3.8) is 0 Å². The molecule has 2 aromatic carbocycles. The predicted molar refractivity (Wildman–Crippen MR) is 134 cm³/mol. The van der Waals surface area contributed by atoms with Gasteiger partial charge in [0.2, 0.25) is 12.7 Å². The van der Waals surface area contributed by atoms with Gasteiger partial charge in [0.1, 0.15) is 11.3 Å². The molecule has 0 spiro atoms. The Labute approximate surface area is 208 Å². The van der Waals surface area contributed by atoms with Crippen LogP contribution in [0.2, 0.25) is 0 Å². The lowest BCUT2D eigenvalue weighted by atomic mass is 9.97. The number of aromatic nitrogens is 3. The minimum atomic E-state index is -0.115. The Morgan fingerprint density at radius 1 is 1.17 bits per heavy atom. The van der Waals surface area contributed by atoms with Crippen molar-refractivity contribution in [2.24, 2.45) is 5.92 Å². The molecule has 1 amide bonds. The van der Waals surface area contributed by atoms with Gasteiger partial charge < -0.3 is 24.4 Å². The van der Waals surface area contributed by atoms with Crippen molar-refractivity contribution in [2.75, 3.05) is 31.9 Å². The number of benzene rings is 2. The lowest BCUT2D eigenvalue weighted by Crippen LogP contribution is -2.43. The summed E-state index contributed by atoms with van der Waals surface area (Å²) in [6.45, 7) is 2.14. The number of methoxy groups -OCH3 is 1. The number of carbonyl (C=O) groups is 1. The van der Waals surface area contributed by atoms with E-state index >= 15 is 0 Å². The van der Waals surface area contributed by atoms with Gasteiger partial charge in [0.15, 0.2) is 17.3 Å². The molecular formula is C27H27N5O4. The Morgan fingerprint density at radius 3 is 3.00 bits per heavy atom.